The molecule has 0 atom stereocenters. The molecule has 7 aromatic carbocycles. The van der Waals surface area contributed by atoms with E-state index in [0.717, 1.165) is 11.2 Å². The van der Waals surface area contributed by atoms with Crippen LogP contribution in [0.1, 0.15) is 0 Å². The largest absolute Gasteiger partial charge is 0.307 e. The second-order valence-corrected chi connectivity index (χ2v) is 11.6. The lowest BCUT2D eigenvalue weighted by atomic mass is 9.91. The fourth-order valence-electron chi connectivity index (χ4n) is 6.92. The Balaban J connectivity index is 1.23. The average molecular weight is 573 g/mol. The highest BCUT2D eigenvalue weighted by molar-refractivity contribution is 6.18. The minimum atomic E-state index is 1.11. The van der Waals surface area contributed by atoms with Gasteiger partial charge in [0.2, 0.25) is 0 Å². The van der Waals surface area contributed by atoms with E-state index < -0.39 is 0 Å². The second-order valence-electron chi connectivity index (χ2n) is 11.6. The summed E-state index contributed by atoms with van der Waals surface area (Å²) >= 11 is 0. The molecule has 210 valence electrons. The van der Waals surface area contributed by atoms with E-state index in [2.05, 4.69) is 167 Å². The third kappa shape index (κ3) is 4.22. The lowest BCUT2D eigenvalue weighted by molar-refractivity contribution is 1.17. The molecule has 0 N–H and O–H groups in total. The molecule has 2 heterocycles. The molecule has 0 bridgehead atoms. The molecule has 0 aliphatic carbocycles. The number of pyridine rings is 1. The fraction of sp³-hybridized carbons (Fsp3) is 0. The molecule has 0 aliphatic heterocycles. The Kier molecular flexibility index (Phi) is 5.85. The van der Waals surface area contributed by atoms with Crippen molar-refractivity contribution < 1.29 is 0 Å². The molecule has 0 aliphatic rings. The quantitative estimate of drug-likeness (QED) is 0.205. The Labute approximate surface area is 261 Å². The fourth-order valence-corrected chi connectivity index (χ4v) is 6.92. The first-order valence-corrected chi connectivity index (χ1v) is 15.4. The highest BCUT2D eigenvalue weighted by Gasteiger charge is 2.16. The van der Waals surface area contributed by atoms with Crippen LogP contribution in [0.3, 0.4) is 0 Å². The van der Waals surface area contributed by atoms with Gasteiger partial charge in [0.25, 0.3) is 0 Å². The van der Waals surface area contributed by atoms with E-state index in [1.807, 2.05) is 12.4 Å². The first-order chi connectivity index (χ1) is 22.3. The van der Waals surface area contributed by atoms with Gasteiger partial charge in [0.05, 0.1) is 17.2 Å². The standard InChI is InChI=1S/C43H28N2/c1-2-9-29(10-3-1)33-25-34(27-35(26-33)38-16-8-13-31-11-4-6-14-37(31)38)30-17-20-36(21-18-30)45-42-28-44-24-23-40(42)41-22-19-32-12-5-7-15-39(32)43(41)45/h1-28H. The van der Waals surface area contributed by atoms with Gasteiger partial charge in [-0.15, -0.1) is 0 Å². The summed E-state index contributed by atoms with van der Waals surface area (Å²) in [6.45, 7) is 0. The number of fused-ring (bicyclic) bond motifs is 6. The monoisotopic (exact) mass is 572 g/mol. The van der Waals surface area contributed by atoms with E-state index in [-0.39, 0.29) is 0 Å². The van der Waals surface area contributed by atoms with Crippen molar-refractivity contribution in [1.82, 2.24) is 9.55 Å². The summed E-state index contributed by atoms with van der Waals surface area (Å²) in [5.74, 6) is 0. The maximum Gasteiger partial charge on any atom is 0.0724 e. The summed E-state index contributed by atoms with van der Waals surface area (Å²) in [6, 6.07) is 57.1. The number of aromatic nitrogens is 2. The Bertz CT molecular complexity index is 2520. The summed E-state index contributed by atoms with van der Waals surface area (Å²) in [4.78, 5) is 4.52. The lowest BCUT2D eigenvalue weighted by Gasteiger charge is -2.14. The Morgan fingerprint density at radius 3 is 1.84 bits per heavy atom. The van der Waals surface area contributed by atoms with Crippen molar-refractivity contribution in [3.8, 4) is 39.1 Å². The van der Waals surface area contributed by atoms with E-state index in [9.17, 15) is 0 Å². The summed E-state index contributed by atoms with van der Waals surface area (Å²) in [7, 11) is 0. The first kappa shape index (κ1) is 25.5. The molecule has 0 fully saturated rings. The van der Waals surface area contributed by atoms with Crippen LogP contribution < -0.4 is 0 Å². The van der Waals surface area contributed by atoms with Gasteiger partial charge < -0.3 is 4.57 Å². The molecule has 0 saturated carbocycles. The molecule has 9 aromatic rings. The number of nitrogens with zero attached hydrogens (tertiary/aromatic N) is 2. The van der Waals surface area contributed by atoms with Crippen molar-refractivity contribution in [3.63, 3.8) is 0 Å². The summed E-state index contributed by atoms with van der Waals surface area (Å²) in [5.41, 5.74) is 10.7. The van der Waals surface area contributed by atoms with Crippen molar-refractivity contribution in [2.45, 2.75) is 0 Å². The van der Waals surface area contributed by atoms with Gasteiger partial charge in [-0.05, 0) is 85.9 Å². The number of rotatable bonds is 4. The molecule has 2 heteroatoms. The smallest absolute Gasteiger partial charge is 0.0724 e. The molecule has 0 amide bonds. The normalized spacial score (nSPS) is 11.6. The maximum absolute atomic E-state index is 4.52. The van der Waals surface area contributed by atoms with Gasteiger partial charge in [-0.2, -0.15) is 0 Å². The maximum atomic E-state index is 4.52. The second kappa shape index (κ2) is 10.3. The molecular weight excluding hydrogens is 544 g/mol. The van der Waals surface area contributed by atoms with Gasteiger partial charge in [-0.25, -0.2) is 0 Å². The van der Waals surface area contributed by atoms with Crippen LogP contribution in [0, 0.1) is 0 Å². The highest BCUT2D eigenvalue weighted by atomic mass is 15.0. The lowest BCUT2D eigenvalue weighted by Crippen LogP contribution is -1.95. The minimum absolute atomic E-state index is 1.11. The molecule has 0 spiro atoms. The summed E-state index contributed by atoms with van der Waals surface area (Å²) in [6.07, 6.45) is 3.87. The molecule has 0 radical (unpaired) electrons. The predicted molar refractivity (Wildman–Crippen MR) is 190 cm³/mol. The van der Waals surface area contributed by atoms with Crippen molar-refractivity contribution in [2.75, 3.05) is 0 Å². The number of hydrogen-bond acceptors (Lipinski definition) is 1. The van der Waals surface area contributed by atoms with Crippen molar-refractivity contribution in [2.24, 2.45) is 0 Å². The van der Waals surface area contributed by atoms with Crippen LogP contribution in [0.5, 0.6) is 0 Å². The Hall–Kier alpha value is -5.99. The molecule has 2 aromatic heterocycles. The van der Waals surface area contributed by atoms with Gasteiger partial charge in [-0.3, -0.25) is 4.98 Å². The van der Waals surface area contributed by atoms with Gasteiger partial charge in [0, 0.05) is 28.0 Å². The van der Waals surface area contributed by atoms with Crippen LogP contribution in [0.2, 0.25) is 0 Å². The third-order valence-electron chi connectivity index (χ3n) is 9.05. The zero-order chi connectivity index (χ0) is 29.7. The van der Waals surface area contributed by atoms with E-state index in [1.165, 1.54) is 71.2 Å². The van der Waals surface area contributed by atoms with Gasteiger partial charge in [0.1, 0.15) is 0 Å². The molecule has 0 saturated heterocycles. The highest BCUT2D eigenvalue weighted by Crippen LogP contribution is 2.38. The van der Waals surface area contributed by atoms with Crippen LogP contribution in [-0.2, 0) is 0 Å². The third-order valence-corrected chi connectivity index (χ3v) is 9.05. The molecule has 2 nitrogen and oxygen atoms in total. The van der Waals surface area contributed by atoms with E-state index in [1.54, 1.807) is 0 Å². The number of hydrogen-bond donors (Lipinski definition) is 0. The Morgan fingerprint density at radius 2 is 1.04 bits per heavy atom. The van der Waals surface area contributed by atoms with E-state index >= 15 is 0 Å². The van der Waals surface area contributed by atoms with Crippen LogP contribution in [0.4, 0.5) is 0 Å². The van der Waals surface area contributed by atoms with E-state index in [4.69, 9.17) is 0 Å². The summed E-state index contributed by atoms with van der Waals surface area (Å²) in [5, 5.41) is 7.44. The first-order valence-electron chi connectivity index (χ1n) is 15.4. The SMILES string of the molecule is c1ccc(-c2cc(-c3ccc(-n4c5cnccc5c5ccc6ccccc6c54)cc3)cc(-c3cccc4ccccc34)c2)cc1. The van der Waals surface area contributed by atoms with Crippen LogP contribution >= 0.6 is 0 Å². The molecule has 0 unspecified atom stereocenters. The molecule has 9 rings (SSSR count). The number of benzene rings is 7. The zero-order valence-electron chi connectivity index (χ0n) is 24.6. The predicted octanol–water partition coefficient (Wildman–Crippen LogP) is 11.5. The molecule has 45 heavy (non-hydrogen) atoms. The van der Waals surface area contributed by atoms with Crippen molar-refractivity contribution >= 4 is 43.4 Å². The van der Waals surface area contributed by atoms with Gasteiger partial charge >= 0.3 is 0 Å². The zero-order valence-corrected chi connectivity index (χ0v) is 24.6. The van der Waals surface area contributed by atoms with Crippen LogP contribution in [0.15, 0.2) is 170 Å². The van der Waals surface area contributed by atoms with Crippen LogP contribution in [-0.4, -0.2) is 9.55 Å². The Morgan fingerprint density at radius 1 is 0.400 bits per heavy atom. The minimum Gasteiger partial charge on any atom is -0.307 e. The van der Waals surface area contributed by atoms with Gasteiger partial charge in [-0.1, -0.05) is 121 Å². The van der Waals surface area contributed by atoms with Crippen molar-refractivity contribution in [1.29, 1.82) is 0 Å². The molecular formula is C43H28N2. The average Bonchev–Trinajstić information content (AvgIpc) is 3.46. The van der Waals surface area contributed by atoms with E-state index in [0.29, 0.717) is 0 Å². The van der Waals surface area contributed by atoms with Crippen molar-refractivity contribution in [3.05, 3.63) is 170 Å². The topological polar surface area (TPSA) is 17.8 Å². The van der Waals surface area contributed by atoms with Gasteiger partial charge in [0.15, 0.2) is 0 Å². The van der Waals surface area contributed by atoms with Crippen LogP contribution in [0.25, 0.3) is 82.4 Å². The summed E-state index contributed by atoms with van der Waals surface area (Å²) < 4.78 is 2.37.